The van der Waals surface area contributed by atoms with Gasteiger partial charge in [0, 0.05) is 18.8 Å². The average Bonchev–Trinajstić information content (AvgIpc) is 2.84. The zero-order valence-electron chi connectivity index (χ0n) is 11.3. The molecule has 0 atom stereocenters. The minimum atomic E-state index is -4.34. The second-order valence-electron chi connectivity index (χ2n) is 4.84. The Bertz CT molecular complexity index is 573. The summed E-state index contributed by atoms with van der Waals surface area (Å²) >= 11 is 0. The monoisotopic (exact) mass is 283 g/mol. The summed E-state index contributed by atoms with van der Waals surface area (Å²) < 4.78 is 39.4. The van der Waals surface area contributed by atoms with Crippen molar-refractivity contribution in [1.29, 1.82) is 0 Å². The topological polar surface area (TPSA) is 29.9 Å². The number of alkyl halides is 3. The van der Waals surface area contributed by atoms with Crippen molar-refractivity contribution < 1.29 is 13.2 Å². The molecule has 2 aromatic rings. The maximum atomic E-state index is 12.7. The van der Waals surface area contributed by atoms with Gasteiger partial charge in [0.15, 0.2) is 0 Å². The maximum absolute atomic E-state index is 12.7. The summed E-state index contributed by atoms with van der Waals surface area (Å²) in [4.78, 5) is 0. The van der Waals surface area contributed by atoms with Crippen molar-refractivity contribution in [3.05, 3.63) is 47.8 Å². The number of rotatable bonds is 4. The van der Waals surface area contributed by atoms with E-state index in [1.54, 1.807) is 18.3 Å². The molecule has 2 rings (SSSR count). The predicted molar refractivity (Wildman–Crippen MR) is 70.5 cm³/mol. The molecule has 1 aromatic carbocycles. The van der Waals surface area contributed by atoms with Crippen LogP contribution in [0.15, 0.2) is 36.5 Å². The Hall–Kier alpha value is -1.82. The second-order valence-corrected chi connectivity index (χ2v) is 4.84. The molecule has 0 bridgehead atoms. The first-order chi connectivity index (χ1) is 9.36. The van der Waals surface area contributed by atoms with Gasteiger partial charge in [0.05, 0.1) is 16.9 Å². The number of benzene rings is 1. The molecule has 20 heavy (non-hydrogen) atoms. The fourth-order valence-corrected chi connectivity index (χ4v) is 1.73. The summed E-state index contributed by atoms with van der Waals surface area (Å²) in [7, 11) is 0. The first kappa shape index (κ1) is 14.6. The van der Waals surface area contributed by atoms with E-state index in [1.165, 1.54) is 10.7 Å². The number of hydrogen-bond acceptors (Lipinski definition) is 2. The zero-order valence-corrected chi connectivity index (χ0v) is 11.3. The summed E-state index contributed by atoms with van der Waals surface area (Å²) in [6.45, 7) is 4.62. The van der Waals surface area contributed by atoms with Gasteiger partial charge in [-0.2, -0.15) is 18.3 Å². The molecule has 3 nitrogen and oxygen atoms in total. The van der Waals surface area contributed by atoms with E-state index in [2.05, 4.69) is 10.4 Å². The Morgan fingerprint density at radius 3 is 2.65 bits per heavy atom. The van der Waals surface area contributed by atoms with Crippen LogP contribution in [0.5, 0.6) is 0 Å². The van der Waals surface area contributed by atoms with Crippen molar-refractivity contribution in [2.75, 3.05) is 0 Å². The molecule has 0 radical (unpaired) electrons. The SMILES string of the molecule is CC(C)NCc1ccn(-c2cccc(C(F)(F)F)c2)n1. The molecule has 1 heterocycles. The van der Waals surface area contributed by atoms with E-state index in [9.17, 15) is 13.2 Å². The van der Waals surface area contributed by atoms with Crippen molar-refractivity contribution in [3.63, 3.8) is 0 Å². The highest BCUT2D eigenvalue weighted by atomic mass is 19.4. The lowest BCUT2D eigenvalue weighted by Crippen LogP contribution is -2.22. The summed E-state index contributed by atoms with van der Waals surface area (Å²) in [5.41, 5.74) is 0.513. The van der Waals surface area contributed by atoms with E-state index in [0.29, 0.717) is 18.3 Å². The van der Waals surface area contributed by atoms with Crippen molar-refractivity contribution in [1.82, 2.24) is 15.1 Å². The van der Waals surface area contributed by atoms with Crippen molar-refractivity contribution in [2.24, 2.45) is 0 Å². The van der Waals surface area contributed by atoms with E-state index in [-0.39, 0.29) is 0 Å². The molecular formula is C14H16F3N3. The minimum absolute atomic E-state index is 0.328. The number of halogens is 3. The van der Waals surface area contributed by atoms with Crippen molar-refractivity contribution in [3.8, 4) is 5.69 Å². The van der Waals surface area contributed by atoms with Crippen molar-refractivity contribution in [2.45, 2.75) is 32.6 Å². The van der Waals surface area contributed by atoms with Gasteiger partial charge in [-0.05, 0) is 24.3 Å². The molecule has 0 saturated heterocycles. The Labute approximate surface area is 115 Å². The fourth-order valence-electron chi connectivity index (χ4n) is 1.73. The van der Waals surface area contributed by atoms with E-state index in [0.717, 1.165) is 17.8 Å². The molecule has 0 fully saturated rings. The van der Waals surface area contributed by atoms with Crippen LogP contribution in [0.4, 0.5) is 13.2 Å². The van der Waals surface area contributed by atoms with Gasteiger partial charge in [-0.3, -0.25) is 0 Å². The lowest BCUT2D eigenvalue weighted by molar-refractivity contribution is -0.137. The molecule has 0 saturated carbocycles. The highest BCUT2D eigenvalue weighted by Crippen LogP contribution is 2.30. The van der Waals surface area contributed by atoms with Crippen LogP contribution in [-0.4, -0.2) is 15.8 Å². The Morgan fingerprint density at radius 2 is 2.00 bits per heavy atom. The summed E-state index contributed by atoms with van der Waals surface area (Å²) in [5.74, 6) is 0. The van der Waals surface area contributed by atoms with E-state index < -0.39 is 11.7 Å². The molecular weight excluding hydrogens is 267 g/mol. The Morgan fingerprint density at radius 1 is 1.25 bits per heavy atom. The standard InChI is InChI=1S/C14H16F3N3/c1-10(2)18-9-12-6-7-20(19-12)13-5-3-4-11(8-13)14(15,16)17/h3-8,10,18H,9H2,1-2H3. The molecule has 1 aromatic heterocycles. The largest absolute Gasteiger partial charge is 0.416 e. The normalized spacial score (nSPS) is 12.1. The zero-order chi connectivity index (χ0) is 14.8. The summed E-state index contributed by atoms with van der Waals surface area (Å²) in [6.07, 6.45) is -2.68. The average molecular weight is 283 g/mol. The van der Waals surface area contributed by atoms with Gasteiger partial charge in [-0.15, -0.1) is 0 Å². The molecule has 0 unspecified atom stereocenters. The van der Waals surface area contributed by atoms with Crippen LogP contribution < -0.4 is 5.32 Å². The minimum Gasteiger partial charge on any atom is -0.309 e. The third-order valence-electron chi connectivity index (χ3n) is 2.77. The van der Waals surface area contributed by atoms with Gasteiger partial charge in [0.2, 0.25) is 0 Å². The van der Waals surface area contributed by atoms with Gasteiger partial charge in [0.25, 0.3) is 0 Å². The number of nitrogens with one attached hydrogen (secondary N) is 1. The first-order valence-corrected chi connectivity index (χ1v) is 6.32. The van der Waals surface area contributed by atoms with E-state index in [4.69, 9.17) is 0 Å². The maximum Gasteiger partial charge on any atom is 0.416 e. The van der Waals surface area contributed by atoms with Gasteiger partial charge in [0.1, 0.15) is 0 Å². The molecule has 0 aliphatic heterocycles. The van der Waals surface area contributed by atoms with Crippen molar-refractivity contribution >= 4 is 0 Å². The van der Waals surface area contributed by atoms with Crippen LogP contribution in [-0.2, 0) is 12.7 Å². The third kappa shape index (κ3) is 3.60. The molecule has 108 valence electrons. The lowest BCUT2D eigenvalue weighted by atomic mass is 10.2. The predicted octanol–water partition coefficient (Wildman–Crippen LogP) is 3.39. The number of hydrogen-bond donors (Lipinski definition) is 1. The number of aromatic nitrogens is 2. The smallest absolute Gasteiger partial charge is 0.309 e. The highest BCUT2D eigenvalue weighted by Gasteiger charge is 2.30. The van der Waals surface area contributed by atoms with Crippen LogP contribution in [0.1, 0.15) is 25.1 Å². The van der Waals surface area contributed by atoms with Crippen LogP contribution in [0.3, 0.4) is 0 Å². The van der Waals surface area contributed by atoms with E-state index >= 15 is 0 Å². The highest BCUT2D eigenvalue weighted by molar-refractivity contribution is 5.36. The van der Waals surface area contributed by atoms with Gasteiger partial charge in [-0.1, -0.05) is 19.9 Å². The molecule has 0 aliphatic carbocycles. The third-order valence-corrected chi connectivity index (χ3v) is 2.77. The molecule has 1 N–H and O–H groups in total. The van der Waals surface area contributed by atoms with Crippen LogP contribution >= 0.6 is 0 Å². The fraction of sp³-hybridized carbons (Fsp3) is 0.357. The second kappa shape index (κ2) is 5.66. The Balaban J connectivity index is 2.20. The van der Waals surface area contributed by atoms with Crippen LogP contribution in [0.2, 0.25) is 0 Å². The lowest BCUT2D eigenvalue weighted by Gasteiger charge is -2.09. The Kier molecular flexibility index (Phi) is 4.13. The molecule has 0 spiro atoms. The summed E-state index contributed by atoms with van der Waals surface area (Å²) in [5, 5.41) is 7.47. The van der Waals surface area contributed by atoms with Gasteiger partial charge >= 0.3 is 6.18 Å². The molecule has 6 heteroatoms. The van der Waals surface area contributed by atoms with Gasteiger partial charge < -0.3 is 5.32 Å². The molecule has 0 amide bonds. The molecule has 0 aliphatic rings. The number of nitrogens with zero attached hydrogens (tertiary/aromatic N) is 2. The summed E-state index contributed by atoms with van der Waals surface area (Å²) in [6, 6.07) is 7.23. The van der Waals surface area contributed by atoms with E-state index in [1.807, 2.05) is 13.8 Å². The quantitative estimate of drug-likeness (QED) is 0.932. The van der Waals surface area contributed by atoms with Crippen LogP contribution in [0.25, 0.3) is 5.69 Å². The van der Waals surface area contributed by atoms with Crippen LogP contribution in [0, 0.1) is 0 Å². The first-order valence-electron chi connectivity index (χ1n) is 6.32. The van der Waals surface area contributed by atoms with Gasteiger partial charge in [-0.25, -0.2) is 4.68 Å².